The lowest BCUT2D eigenvalue weighted by Gasteiger charge is -2.49. The third-order valence-corrected chi connectivity index (χ3v) is 5.20. The summed E-state index contributed by atoms with van der Waals surface area (Å²) in [4.78, 5) is 52.9. The SMILES string of the molecule is CC(=O)CC1C2([N+](=O)[O-])CN(C)CC1([N+](=O)[O-])c1cccnc1C2=O. The Morgan fingerprint density at radius 2 is 1.92 bits per heavy atom. The van der Waals surface area contributed by atoms with E-state index in [0.717, 1.165) is 0 Å². The van der Waals surface area contributed by atoms with Crippen LogP contribution in [0.25, 0.3) is 0 Å². The van der Waals surface area contributed by atoms with Gasteiger partial charge >= 0.3 is 5.54 Å². The highest BCUT2D eigenvalue weighted by molar-refractivity contribution is 6.04. The van der Waals surface area contributed by atoms with Crippen molar-refractivity contribution in [2.24, 2.45) is 5.92 Å². The number of nitro groups is 2. The number of hydrogen-bond acceptors (Lipinski definition) is 8. The van der Waals surface area contributed by atoms with Crippen molar-refractivity contribution in [3.63, 3.8) is 0 Å². The Bertz CT molecular complexity index is 811. The highest BCUT2D eigenvalue weighted by Crippen LogP contribution is 2.52. The minimum Gasteiger partial charge on any atom is -0.300 e. The summed E-state index contributed by atoms with van der Waals surface area (Å²) >= 11 is 0. The Morgan fingerprint density at radius 3 is 2.48 bits per heavy atom. The first-order valence-electron chi connectivity index (χ1n) is 7.65. The molecule has 132 valence electrons. The predicted octanol–water partition coefficient (Wildman–Crippen LogP) is 0.306. The molecular weight excluding hydrogens is 332 g/mol. The predicted molar refractivity (Wildman–Crippen MR) is 83.3 cm³/mol. The number of aromatic nitrogens is 1. The number of rotatable bonds is 4. The molecule has 0 N–H and O–H groups in total. The number of Topliss-reactive ketones (excluding diaryl/α,β-unsaturated/α-hetero) is 2. The molecule has 0 saturated carbocycles. The van der Waals surface area contributed by atoms with Gasteiger partial charge in [-0.3, -0.25) is 34.9 Å². The lowest BCUT2D eigenvalue weighted by molar-refractivity contribution is -0.640. The smallest absolute Gasteiger partial charge is 0.300 e. The molecular formula is C15H16N4O6. The molecule has 2 bridgehead atoms. The van der Waals surface area contributed by atoms with Crippen molar-refractivity contribution >= 4 is 11.6 Å². The van der Waals surface area contributed by atoms with Crippen LogP contribution >= 0.6 is 0 Å². The molecule has 1 aliphatic carbocycles. The van der Waals surface area contributed by atoms with Gasteiger partial charge in [-0.1, -0.05) is 0 Å². The first-order valence-corrected chi connectivity index (χ1v) is 7.65. The third-order valence-electron chi connectivity index (χ3n) is 5.20. The Hall–Kier alpha value is -2.75. The van der Waals surface area contributed by atoms with Crippen molar-refractivity contribution in [2.45, 2.75) is 24.4 Å². The molecule has 1 aromatic heterocycles. The number of ketones is 2. The van der Waals surface area contributed by atoms with Gasteiger partial charge < -0.3 is 4.79 Å². The molecule has 0 radical (unpaired) electrons. The minimum atomic E-state index is -2.27. The molecule has 3 atom stereocenters. The lowest BCUT2D eigenvalue weighted by Crippen LogP contribution is -2.75. The van der Waals surface area contributed by atoms with Gasteiger partial charge in [-0.15, -0.1) is 0 Å². The van der Waals surface area contributed by atoms with Gasteiger partial charge in [-0.2, -0.15) is 0 Å². The molecule has 0 aromatic carbocycles. The minimum absolute atomic E-state index is 0.0419. The second kappa shape index (κ2) is 5.38. The van der Waals surface area contributed by atoms with Gasteiger partial charge in [0.05, 0.1) is 18.7 Å². The fraction of sp³-hybridized carbons (Fsp3) is 0.533. The standard InChI is InChI=1S/C15H16N4O6/c1-9(20)6-11-14(18(22)23)7-17(2)8-15(11,19(24)25)13(21)12-10(14)4-3-5-16-12/h3-5,11H,6-8H2,1-2H3. The number of carbonyl (C=O) groups excluding carboxylic acids is 2. The van der Waals surface area contributed by atoms with Crippen LogP contribution in [0.3, 0.4) is 0 Å². The topological polar surface area (TPSA) is 137 Å². The van der Waals surface area contributed by atoms with E-state index in [1.54, 1.807) is 0 Å². The molecule has 3 unspecified atom stereocenters. The zero-order chi connectivity index (χ0) is 18.6. The van der Waals surface area contributed by atoms with E-state index >= 15 is 0 Å². The summed E-state index contributed by atoms with van der Waals surface area (Å²) in [6.45, 7) is 0.770. The maximum Gasteiger partial charge on any atom is 0.308 e. The van der Waals surface area contributed by atoms with E-state index in [9.17, 15) is 29.8 Å². The average Bonchev–Trinajstić information content (AvgIpc) is 2.53. The molecule has 25 heavy (non-hydrogen) atoms. The first kappa shape index (κ1) is 17.1. The number of likely N-dealkylation sites (tertiary alicyclic amines) is 1. The average molecular weight is 348 g/mol. The number of carbonyl (C=O) groups is 2. The van der Waals surface area contributed by atoms with Crippen LogP contribution in [0.1, 0.15) is 29.4 Å². The zero-order valence-corrected chi connectivity index (χ0v) is 13.7. The molecule has 1 fully saturated rings. The van der Waals surface area contributed by atoms with Crippen molar-refractivity contribution in [1.29, 1.82) is 0 Å². The van der Waals surface area contributed by atoms with Crippen molar-refractivity contribution in [1.82, 2.24) is 9.88 Å². The van der Waals surface area contributed by atoms with Gasteiger partial charge in [0.25, 0.3) is 11.3 Å². The normalized spacial score (nSPS) is 31.3. The molecule has 1 saturated heterocycles. The van der Waals surface area contributed by atoms with E-state index in [-0.39, 0.29) is 24.3 Å². The molecule has 2 aliphatic rings. The summed E-state index contributed by atoms with van der Waals surface area (Å²) in [5, 5.41) is 24.2. The fourth-order valence-corrected chi connectivity index (χ4v) is 4.31. The van der Waals surface area contributed by atoms with Crippen LogP contribution in [0.4, 0.5) is 0 Å². The van der Waals surface area contributed by atoms with Crippen LogP contribution in [0, 0.1) is 26.1 Å². The Kier molecular flexibility index (Phi) is 3.68. The third kappa shape index (κ3) is 2.03. The van der Waals surface area contributed by atoms with E-state index in [4.69, 9.17) is 0 Å². The highest BCUT2D eigenvalue weighted by Gasteiger charge is 2.77. The second-order valence-corrected chi connectivity index (χ2v) is 6.72. The summed E-state index contributed by atoms with van der Waals surface area (Å²) in [5.41, 5.74) is -4.42. The largest absolute Gasteiger partial charge is 0.308 e. The number of likely N-dealkylation sites (N-methyl/N-ethyl adjacent to an activating group) is 1. The van der Waals surface area contributed by atoms with Crippen LogP contribution in [0.2, 0.25) is 0 Å². The quantitative estimate of drug-likeness (QED) is 0.560. The van der Waals surface area contributed by atoms with Crippen molar-refractivity contribution < 1.29 is 19.4 Å². The maximum atomic E-state index is 13.0. The van der Waals surface area contributed by atoms with Crippen molar-refractivity contribution in [2.75, 3.05) is 20.1 Å². The number of fused-ring (bicyclic) bond motifs is 4. The zero-order valence-electron chi connectivity index (χ0n) is 13.7. The molecule has 3 rings (SSSR count). The van der Waals surface area contributed by atoms with E-state index in [2.05, 4.69) is 4.98 Å². The molecule has 0 spiro atoms. The lowest BCUT2D eigenvalue weighted by atomic mass is 9.57. The van der Waals surface area contributed by atoms with Crippen molar-refractivity contribution in [3.8, 4) is 0 Å². The number of pyridine rings is 1. The van der Waals surface area contributed by atoms with Crippen LogP contribution < -0.4 is 0 Å². The Balaban J connectivity index is 2.43. The van der Waals surface area contributed by atoms with Gasteiger partial charge in [0.1, 0.15) is 17.4 Å². The molecule has 10 nitrogen and oxygen atoms in total. The monoisotopic (exact) mass is 348 g/mol. The van der Waals surface area contributed by atoms with Gasteiger partial charge in [0.15, 0.2) is 0 Å². The van der Waals surface area contributed by atoms with E-state index in [0.29, 0.717) is 0 Å². The number of hydrogen-bond donors (Lipinski definition) is 0. The molecule has 1 aromatic rings. The van der Waals surface area contributed by atoms with Gasteiger partial charge in [0.2, 0.25) is 0 Å². The maximum absolute atomic E-state index is 13.0. The summed E-state index contributed by atoms with van der Waals surface area (Å²) < 4.78 is 0. The molecule has 10 heteroatoms. The molecule has 2 heterocycles. The van der Waals surface area contributed by atoms with Crippen LogP contribution in [0.15, 0.2) is 18.3 Å². The summed E-state index contributed by atoms with van der Waals surface area (Å²) in [6.07, 6.45) is 0.860. The first-order chi connectivity index (χ1) is 11.7. The number of nitrogens with zero attached hydrogens (tertiary/aromatic N) is 4. The van der Waals surface area contributed by atoms with Crippen LogP contribution in [-0.4, -0.2) is 57.0 Å². The second-order valence-electron chi connectivity index (χ2n) is 6.72. The van der Waals surface area contributed by atoms with Gasteiger partial charge in [-0.05, 0) is 26.1 Å². The van der Waals surface area contributed by atoms with E-state index in [1.165, 1.54) is 37.2 Å². The fourth-order valence-electron chi connectivity index (χ4n) is 4.31. The van der Waals surface area contributed by atoms with E-state index in [1.807, 2.05) is 0 Å². The highest BCUT2D eigenvalue weighted by atomic mass is 16.6. The van der Waals surface area contributed by atoms with Gasteiger partial charge in [-0.25, -0.2) is 0 Å². The summed E-state index contributed by atoms with van der Waals surface area (Å²) in [7, 11) is 1.50. The van der Waals surface area contributed by atoms with Crippen LogP contribution in [-0.2, 0) is 10.3 Å². The summed E-state index contributed by atoms with van der Waals surface area (Å²) in [6, 6.07) is 2.86. The Labute approximate surface area is 142 Å². The van der Waals surface area contributed by atoms with E-state index < -0.39 is 44.8 Å². The van der Waals surface area contributed by atoms with Gasteiger partial charge in [0, 0.05) is 22.5 Å². The van der Waals surface area contributed by atoms with Crippen LogP contribution in [0.5, 0.6) is 0 Å². The number of piperidine rings is 1. The molecule has 0 amide bonds. The Morgan fingerprint density at radius 1 is 1.32 bits per heavy atom. The molecule has 1 aliphatic heterocycles. The summed E-state index contributed by atoms with van der Waals surface area (Å²) in [5.74, 6) is -2.68. The van der Waals surface area contributed by atoms with Crippen molar-refractivity contribution in [3.05, 3.63) is 49.8 Å².